The summed E-state index contributed by atoms with van der Waals surface area (Å²) in [6.07, 6.45) is -4.78. The number of carbonyl (C=O) groups is 2. The highest BCUT2D eigenvalue weighted by Gasteiger charge is 2.37. The van der Waals surface area contributed by atoms with Crippen molar-refractivity contribution in [2.45, 2.75) is 12.2 Å². The highest BCUT2D eigenvalue weighted by Crippen LogP contribution is 2.33. The minimum Gasteiger partial charge on any atom is -0.468 e. The third-order valence-electron chi connectivity index (χ3n) is 3.47. The molecule has 5 nitrogen and oxygen atoms in total. The predicted molar refractivity (Wildman–Crippen MR) is 71.1 cm³/mol. The number of ether oxygens (including phenoxy) is 1. The van der Waals surface area contributed by atoms with Crippen LogP contribution in [0.25, 0.3) is 0 Å². The lowest BCUT2D eigenvalue weighted by Crippen LogP contribution is -2.56. The lowest BCUT2D eigenvalue weighted by atomic mass is 10.0. The van der Waals surface area contributed by atoms with Gasteiger partial charge in [0.25, 0.3) is 5.91 Å². The van der Waals surface area contributed by atoms with E-state index in [0.717, 1.165) is 4.90 Å². The van der Waals surface area contributed by atoms with E-state index in [1.807, 2.05) is 0 Å². The number of methoxy groups -OCH3 is 1. The third-order valence-corrected chi connectivity index (χ3v) is 3.47. The maximum absolute atomic E-state index is 13.3. The lowest BCUT2D eigenvalue weighted by Gasteiger charge is -2.32. The van der Waals surface area contributed by atoms with Gasteiger partial charge in [-0.15, -0.1) is 0 Å². The number of halogens is 4. The summed E-state index contributed by atoms with van der Waals surface area (Å²) < 4.78 is 56.8. The first-order valence-electron chi connectivity index (χ1n) is 6.71. The zero-order chi connectivity index (χ0) is 17.2. The molecule has 1 unspecified atom stereocenters. The molecule has 1 N–H and O–H groups in total. The van der Waals surface area contributed by atoms with E-state index >= 15 is 0 Å². The maximum Gasteiger partial charge on any atom is 0.417 e. The van der Waals surface area contributed by atoms with E-state index in [4.69, 9.17) is 0 Å². The summed E-state index contributed by atoms with van der Waals surface area (Å²) in [6, 6.07) is 0.901. The van der Waals surface area contributed by atoms with Gasteiger partial charge in [0, 0.05) is 19.6 Å². The molecule has 2 rings (SSSR count). The van der Waals surface area contributed by atoms with Crippen LogP contribution in [0, 0.1) is 5.82 Å². The summed E-state index contributed by atoms with van der Waals surface area (Å²) in [5.74, 6) is -2.55. The van der Waals surface area contributed by atoms with Gasteiger partial charge in [-0.3, -0.25) is 9.59 Å². The van der Waals surface area contributed by atoms with Gasteiger partial charge >= 0.3 is 12.1 Å². The maximum atomic E-state index is 13.3. The third kappa shape index (κ3) is 3.79. The molecular weight excluding hydrogens is 320 g/mol. The monoisotopic (exact) mass is 334 g/mol. The van der Waals surface area contributed by atoms with Crippen LogP contribution in [0.2, 0.25) is 0 Å². The van der Waals surface area contributed by atoms with Gasteiger partial charge in [0.1, 0.15) is 11.9 Å². The van der Waals surface area contributed by atoms with E-state index in [2.05, 4.69) is 10.1 Å². The highest BCUT2D eigenvalue weighted by atomic mass is 19.4. The van der Waals surface area contributed by atoms with Crippen LogP contribution >= 0.6 is 0 Å². The van der Waals surface area contributed by atoms with Crippen molar-refractivity contribution in [2.75, 3.05) is 26.7 Å². The minimum absolute atomic E-state index is 0.0974. The Morgan fingerprint density at radius 1 is 1.35 bits per heavy atom. The molecule has 23 heavy (non-hydrogen) atoms. The predicted octanol–water partition coefficient (Wildman–Crippen LogP) is 1.43. The van der Waals surface area contributed by atoms with Gasteiger partial charge in [0.15, 0.2) is 0 Å². The SMILES string of the molecule is COC(=O)C1CN(C(=O)c2cc(F)ccc2C(F)(F)F)CCN1. The van der Waals surface area contributed by atoms with Crippen LogP contribution in [0.4, 0.5) is 17.6 Å². The molecule has 1 heterocycles. The number of esters is 1. The summed E-state index contributed by atoms with van der Waals surface area (Å²) in [6.45, 7) is 0.154. The second kappa shape index (κ2) is 6.53. The molecule has 1 fully saturated rings. The molecule has 0 aliphatic carbocycles. The fraction of sp³-hybridized carbons (Fsp3) is 0.429. The number of hydrogen-bond donors (Lipinski definition) is 1. The van der Waals surface area contributed by atoms with Crippen LogP contribution in [0.3, 0.4) is 0 Å². The molecular formula is C14H14F4N2O3. The Bertz CT molecular complexity index is 619. The Balaban J connectivity index is 2.30. The minimum atomic E-state index is -4.78. The molecule has 0 aromatic heterocycles. The summed E-state index contributed by atoms with van der Waals surface area (Å²) >= 11 is 0. The van der Waals surface area contributed by atoms with Crippen molar-refractivity contribution in [3.05, 3.63) is 35.1 Å². The fourth-order valence-electron chi connectivity index (χ4n) is 2.35. The Morgan fingerprint density at radius 2 is 2.04 bits per heavy atom. The highest BCUT2D eigenvalue weighted by molar-refractivity contribution is 5.96. The standard InChI is InChI=1S/C14H14F4N2O3/c1-23-13(22)11-7-20(5-4-19-11)12(21)9-6-8(15)2-3-10(9)14(16,17)18/h2-3,6,11,19H,4-5,7H2,1H3. The number of piperazine rings is 1. The van der Waals surface area contributed by atoms with Gasteiger partial charge in [-0.1, -0.05) is 0 Å². The molecule has 0 bridgehead atoms. The second-order valence-electron chi connectivity index (χ2n) is 4.97. The first-order chi connectivity index (χ1) is 10.7. The molecule has 1 amide bonds. The van der Waals surface area contributed by atoms with Crippen molar-refractivity contribution in [2.24, 2.45) is 0 Å². The smallest absolute Gasteiger partial charge is 0.417 e. The molecule has 1 aliphatic rings. The molecule has 0 radical (unpaired) electrons. The average molecular weight is 334 g/mol. The summed E-state index contributed by atoms with van der Waals surface area (Å²) in [7, 11) is 1.17. The summed E-state index contributed by atoms with van der Waals surface area (Å²) in [4.78, 5) is 24.9. The number of rotatable bonds is 2. The number of nitrogens with zero attached hydrogens (tertiary/aromatic N) is 1. The molecule has 0 spiro atoms. The average Bonchev–Trinajstić information content (AvgIpc) is 2.52. The van der Waals surface area contributed by atoms with Crippen LogP contribution in [-0.2, 0) is 15.7 Å². The van der Waals surface area contributed by atoms with Gasteiger partial charge in [0.2, 0.25) is 0 Å². The van der Waals surface area contributed by atoms with E-state index < -0.39 is 41.0 Å². The van der Waals surface area contributed by atoms with Crippen molar-refractivity contribution in [1.82, 2.24) is 10.2 Å². The number of benzene rings is 1. The molecule has 1 atom stereocenters. The first-order valence-corrected chi connectivity index (χ1v) is 6.71. The van der Waals surface area contributed by atoms with E-state index in [-0.39, 0.29) is 19.6 Å². The summed E-state index contributed by atoms with van der Waals surface area (Å²) in [5.41, 5.74) is -1.99. The van der Waals surface area contributed by atoms with Gasteiger partial charge < -0.3 is 15.0 Å². The number of amides is 1. The van der Waals surface area contributed by atoms with Gasteiger partial charge in [-0.05, 0) is 18.2 Å². The zero-order valence-corrected chi connectivity index (χ0v) is 12.1. The van der Waals surface area contributed by atoms with E-state index in [1.165, 1.54) is 7.11 Å². The Kier molecular flexibility index (Phi) is 4.88. The van der Waals surface area contributed by atoms with Crippen LogP contribution in [0.1, 0.15) is 15.9 Å². The van der Waals surface area contributed by atoms with Crippen molar-refractivity contribution < 1.29 is 31.9 Å². The molecule has 1 aromatic rings. The normalized spacial score (nSPS) is 18.7. The van der Waals surface area contributed by atoms with Crippen LogP contribution in [0.5, 0.6) is 0 Å². The Morgan fingerprint density at radius 3 is 2.65 bits per heavy atom. The van der Waals surface area contributed by atoms with Crippen LogP contribution in [0.15, 0.2) is 18.2 Å². The lowest BCUT2D eigenvalue weighted by molar-refractivity contribution is -0.144. The fourth-order valence-corrected chi connectivity index (χ4v) is 2.35. The Labute approximate surface area is 129 Å². The van der Waals surface area contributed by atoms with Gasteiger partial charge in [-0.2, -0.15) is 13.2 Å². The number of hydrogen-bond acceptors (Lipinski definition) is 4. The topological polar surface area (TPSA) is 58.6 Å². The van der Waals surface area contributed by atoms with Crippen molar-refractivity contribution in [3.8, 4) is 0 Å². The van der Waals surface area contributed by atoms with Crippen molar-refractivity contribution in [1.29, 1.82) is 0 Å². The van der Waals surface area contributed by atoms with Gasteiger partial charge in [0.05, 0.1) is 18.2 Å². The Hall–Kier alpha value is -2.16. The number of nitrogens with one attached hydrogen (secondary N) is 1. The van der Waals surface area contributed by atoms with E-state index in [9.17, 15) is 27.2 Å². The molecule has 0 saturated carbocycles. The summed E-state index contributed by atoms with van der Waals surface area (Å²) in [5, 5.41) is 2.80. The number of alkyl halides is 3. The van der Waals surface area contributed by atoms with E-state index in [1.54, 1.807) is 0 Å². The number of carbonyl (C=O) groups excluding carboxylic acids is 2. The molecule has 1 saturated heterocycles. The second-order valence-corrected chi connectivity index (χ2v) is 4.97. The molecule has 1 aromatic carbocycles. The molecule has 126 valence electrons. The van der Waals surface area contributed by atoms with Crippen LogP contribution in [-0.4, -0.2) is 49.6 Å². The first kappa shape index (κ1) is 17.2. The van der Waals surface area contributed by atoms with Crippen molar-refractivity contribution in [3.63, 3.8) is 0 Å². The largest absolute Gasteiger partial charge is 0.468 e. The van der Waals surface area contributed by atoms with Gasteiger partial charge in [-0.25, -0.2) is 4.39 Å². The molecule has 9 heteroatoms. The molecule has 1 aliphatic heterocycles. The quantitative estimate of drug-likeness (QED) is 0.657. The zero-order valence-electron chi connectivity index (χ0n) is 12.1. The van der Waals surface area contributed by atoms with E-state index in [0.29, 0.717) is 18.2 Å². The van der Waals surface area contributed by atoms with Crippen molar-refractivity contribution >= 4 is 11.9 Å². The van der Waals surface area contributed by atoms with Crippen LogP contribution < -0.4 is 5.32 Å².